The summed E-state index contributed by atoms with van der Waals surface area (Å²) in [5, 5.41) is 7.47. The van der Waals surface area contributed by atoms with Crippen LogP contribution < -0.4 is 5.32 Å². The number of amides is 1. The predicted molar refractivity (Wildman–Crippen MR) is 113 cm³/mol. The van der Waals surface area contributed by atoms with E-state index < -0.39 is 0 Å². The monoisotopic (exact) mass is 379 g/mol. The highest BCUT2D eigenvalue weighted by atomic mass is 32.1. The van der Waals surface area contributed by atoms with E-state index in [1.54, 1.807) is 0 Å². The molecule has 2 heterocycles. The maximum Gasteiger partial charge on any atom is 0.238 e. The molecule has 0 saturated carbocycles. The molecule has 0 aliphatic carbocycles. The number of hydrogen-bond acceptors (Lipinski definition) is 4. The standard InChI is InChI=1S/C22H25N3OS/c26-22(23-21-9-3-6-18-5-1-2-8-20(18)21)17-25-14-12-24(13-15-25)11-10-19-7-4-16-27-19/h1-9,16H,10-15,17H2,(H,23,26). The normalized spacial score (nSPS) is 15.9. The van der Waals surface area contributed by atoms with E-state index in [4.69, 9.17) is 0 Å². The summed E-state index contributed by atoms with van der Waals surface area (Å²) in [5.41, 5.74) is 0.896. The smallest absolute Gasteiger partial charge is 0.238 e. The van der Waals surface area contributed by atoms with Gasteiger partial charge in [0.1, 0.15) is 0 Å². The predicted octanol–water partition coefficient (Wildman–Crippen LogP) is 3.70. The number of thiophene rings is 1. The van der Waals surface area contributed by atoms with E-state index in [1.165, 1.54) is 4.88 Å². The molecule has 4 rings (SSSR count). The molecule has 4 nitrogen and oxygen atoms in total. The van der Waals surface area contributed by atoms with Crippen molar-refractivity contribution in [3.63, 3.8) is 0 Å². The summed E-state index contributed by atoms with van der Waals surface area (Å²) in [6.45, 7) is 5.54. The summed E-state index contributed by atoms with van der Waals surface area (Å²) in [6.07, 6.45) is 1.12. The van der Waals surface area contributed by atoms with Gasteiger partial charge in [0.2, 0.25) is 5.91 Å². The van der Waals surface area contributed by atoms with Crippen molar-refractivity contribution in [1.82, 2.24) is 9.80 Å². The SMILES string of the molecule is O=C(CN1CCN(CCc2cccs2)CC1)Nc1cccc2ccccc12. The first-order chi connectivity index (χ1) is 13.3. The van der Waals surface area contributed by atoms with Gasteiger partial charge in [-0.2, -0.15) is 0 Å². The number of hydrogen-bond donors (Lipinski definition) is 1. The van der Waals surface area contributed by atoms with Crippen molar-refractivity contribution in [3.05, 3.63) is 64.9 Å². The quantitative estimate of drug-likeness (QED) is 0.709. The van der Waals surface area contributed by atoms with Crippen molar-refractivity contribution in [1.29, 1.82) is 0 Å². The molecule has 1 N–H and O–H groups in total. The summed E-state index contributed by atoms with van der Waals surface area (Å²) in [4.78, 5) is 18.7. The van der Waals surface area contributed by atoms with Crippen molar-refractivity contribution in [2.75, 3.05) is 44.6 Å². The number of piperazine rings is 1. The molecule has 1 aliphatic heterocycles. The second kappa shape index (κ2) is 8.65. The van der Waals surface area contributed by atoms with Gasteiger partial charge in [-0.1, -0.05) is 42.5 Å². The molecule has 1 amide bonds. The van der Waals surface area contributed by atoms with E-state index in [9.17, 15) is 4.79 Å². The number of anilines is 1. The van der Waals surface area contributed by atoms with E-state index in [2.05, 4.69) is 50.8 Å². The van der Waals surface area contributed by atoms with Crippen LogP contribution in [0, 0.1) is 0 Å². The van der Waals surface area contributed by atoms with Crippen molar-refractivity contribution in [2.45, 2.75) is 6.42 Å². The first kappa shape index (κ1) is 18.2. The van der Waals surface area contributed by atoms with Crippen LogP contribution in [-0.4, -0.2) is 55.0 Å². The lowest BCUT2D eigenvalue weighted by Gasteiger charge is -2.34. The molecule has 3 aromatic rings. The molecular formula is C22H25N3OS. The fraction of sp³-hybridized carbons (Fsp3) is 0.318. The van der Waals surface area contributed by atoms with Crippen molar-refractivity contribution in [2.24, 2.45) is 0 Å². The average molecular weight is 380 g/mol. The first-order valence-corrected chi connectivity index (χ1v) is 10.4. The average Bonchev–Trinajstić information content (AvgIpc) is 3.21. The Hall–Kier alpha value is -2.21. The highest BCUT2D eigenvalue weighted by Gasteiger charge is 2.19. The van der Waals surface area contributed by atoms with Crippen LogP contribution in [0.1, 0.15) is 4.88 Å². The molecule has 1 aromatic heterocycles. The fourth-order valence-electron chi connectivity index (χ4n) is 3.62. The topological polar surface area (TPSA) is 35.6 Å². The van der Waals surface area contributed by atoms with Crippen LogP contribution in [0.15, 0.2) is 60.0 Å². The number of carbonyl (C=O) groups is 1. The molecule has 1 aliphatic rings. The summed E-state index contributed by atoms with van der Waals surface area (Å²) < 4.78 is 0. The summed E-state index contributed by atoms with van der Waals surface area (Å²) in [7, 11) is 0. The van der Waals surface area contributed by atoms with Crippen molar-refractivity contribution >= 4 is 33.7 Å². The number of fused-ring (bicyclic) bond motifs is 1. The molecule has 0 bridgehead atoms. The zero-order chi connectivity index (χ0) is 18.5. The van der Waals surface area contributed by atoms with Gasteiger partial charge in [0.15, 0.2) is 0 Å². The van der Waals surface area contributed by atoms with Crippen LogP contribution in [0.3, 0.4) is 0 Å². The molecule has 0 spiro atoms. The molecule has 140 valence electrons. The maximum absolute atomic E-state index is 12.5. The van der Waals surface area contributed by atoms with Crippen LogP contribution in [-0.2, 0) is 11.2 Å². The Labute approximate surface area is 164 Å². The molecule has 0 atom stereocenters. The molecule has 1 fully saturated rings. The fourth-order valence-corrected chi connectivity index (χ4v) is 4.32. The van der Waals surface area contributed by atoms with Gasteiger partial charge >= 0.3 is 0 Å². The van der Waals surface area contributed by atoms with E-state index >= 15 is 0 Å². The van der Waals surface area contributed by atoms with Gasteiger partial charge in [0.05, 0.1) is 6.54 Å². The van der Waals surface area contributed by atoms with Gasteiger partial charge in [-0.05, 0) is 29.3 Å². The first-order valence-electron chi connectivity index (χ1n) is 9.53. The third kappa shape index (κ3) is 4.75. The number of benzene rings is 2. The van der Waals surface area contributed by atoms with Crippen LogP contribution in [0.2, 0.25) is 0 Å². The molecule has 0 radical (unpaired) electrons. The van der Waals surface area contributed by atoms with Crippen LogP contribution in [0.5, 0.6) is 0 Å². The van der Waals surface area contributed by atoms with E-state index in [-0.39, 0.29) is 5.91 Å². The molecule has 1 saturated heterocycles. The Morgan fingerprint density at radius 3 is 2.52 bits per heavy atom. The summed E-state index contributed by atoms with van der Waals surface area (Å²) in [6, 6.07) is 18.5. The minimum Gasteiger partial charge on any atom is -0.324 e. The Bertz CT molecular complexity index is 880. The Balaban J connectivity index is 1.25. The molecular weight excluding hydrogens is 354 g/mol. The van der Waals surface area contributed by atoms with Crippen molar-refractivity contribution in [3.8, 4) is 0 Å². The van der Waals surface area contributed by atoms with Gasteiger partial charge in [-0.3, -0.25) is 9.69 Å². The minimum absolute atomic E-state index is 0.0680. The highest BCUT2D eigenvalue weighted by molar-refractivity contribution is 7.09. The Morgan fingerprint density at radius 1 is 0.926 bits per heavy atom. The van der Waals surface area contributed by atoms with Gasteiger partial charge in [-0.25, -0.2) is 0 Å². The number of nitrogens with zero attached hydrogens (tertiary/aromatic N) is 2. The largest absolute Gasteiger partial charge is 0.324 e. The lowest BCUT2D eigenvalue weighted by atomic mass is 10.1. The summed E-state index contributed by atoms with van der Waals surface area (Å²) >= 11 is 1.83. The zero-order valence-corrected chi connectivity index (χ0v) is 16.3. The Kier molecular flexibility index (Phi) is 5.82. The van der Waals surface area contributed by atoms with E-state index in [1.807, 2.05) is 35.6 Å². The minimum atomic E-state index is 0.0680. The number of nitrogens with one attached hydrogen (secondary N) is 1. The second-order valence-electron chi connectivity index (χ2n) is 7.02. The third-order valence-electron chi connectivity index (χ3n) is 5.15. The van der Waals surface area contributed by atoms with Gasteiger partial charge in [0.25, 0.3) is 0 Å². The van der Waals surface area contributed by atoms with Crippen LogP contribution in [0.4, 0.5) is 5.69 Å². The Morgan fingerprint density at radius 2 is 1.70 bits per heavy atom. The third-order valence-corrected chi connectivity index (χ3v) is 6.09. The summed E-state index contributed by atoms with van der Waals surface area (Å²) in [5.74, 6) is 0.0680. The lowest BCUT2D eigenvalue weighted by molar-refractivity contribution is -0.117. The van der Waals surface area contributed by atoms with Gasteiger partial charge in [-0.15, -0.1) is 11.3 Å². The molecule has 2 aromatic carbocycles. The van der Waals surface area contributed by atoms with E-state index in [0.717, 1.165) is 55.6 Å². The molecule has 27 heavy (non-hydrogen) atoms. The van der Waals surface area contributed by atoms with Crippen molar-refractivity contribution < 1.29 is 4.79 Å². The molecule has 0 unspecified atom stereocenters. The molecule has 5 heteroatoms. The second-order valence-corrected chi connectivity index (χ2v) is 8.05. The van der Waals surface area contributed by atoms with Gasteiger partial charge < -0.3 is 10.2 Å². The van der Waals surface area contributed by atoms with Gasteiger partial charge in [0, 0.05) is 48.7 Å². The number of carbonyl (C=O) groups excluding carboxylic acids is 1. The van der Waals surface area contributed by atoms with E-state index in [0.29, 0.717) is 6.54 Å². The number of rotatable bonds is 6. The highest BCUT2D eigenvalue weighted by Crippen LogP contribution is 2.22. The lowest BCUT2D eigenvalue weighted by Crippen LogP contribution is -2.49. The van der Waals surface area contributed by atoms with Crippen LogP contribution >= 0.6 is 11.3 Å². The maximum atomic E-state index is 12.5. The van der Waals surface area contributed by atoms with Crippen LogP contribution in [0.25, 0.3) is 10.8 Å². The zero-order valence-electron chi connectivity index (χ0n) is 15.4.